The molecule has 0 fully saturated rings. The van der Waals surface area contributed by atoms with Gasteiger partial charge in [0.15, 0.2) is 11.6 Å². The van der Waals surface area contributed by atoms with Gasteiger partial charge in [0.05, 0.1) is 10.5 Å². The molecule has 0 saturated carbocycles. The maximum Gasteiger partial charge on any atom is 0.336 e. The summed E-state index contributed by atoms with van der Waals surface area (Å²) in [5.74, 6) is -1.91. The summed E-state index contributed by atoms with van der Waals surface area (Å²) in [4.78, 5) is 21.1. The first-order chi connectivity index (χ1) is 9.99. The van der Waals surface area contributed by atoms with E-state index >= 15 is 0 Å². The van der Waals surface area contributed by atoms with Crippen molar-refractivity contribution in [1.29, 1.82) is 0 Å². The smallest absolute Gasteiger partial charge is 0.336 e. The number of hydrogen-bond donors (Lipinski definition) is 1. The third-order valence-corrected chi connectivity index (χ3v) is 2.75. The van der Waals surface area contributed by atoms with Crippen LogP contribution in [-0.2, 0) is 6.61 Å². The van der Waals surface area contributed by atoms with Crippen molar-refractivity contribution in [3.63, 3.8) is 0 Å². The molecule has 108 valence electrons. The van der Waals surface area contributed by atoms with Gasteiger partial charge in [0.2, 0.25) is 0 Å². The molecule has 21 heavy (non-hydrogen) atoms. The van der Waals surface area contributed by atoms with Crippen molar-refractivity contribution in [2.75, 3.05) is 0 Å². The lowest BCUT2D eigenvalue weighted by Crippen LogP contribution is -2.07. The predicted molar refractivity (Wildman–Crippen MR) is 70.8 cm³/mol. The molecule has 0 heterocycles. The summed E-state index contributed by atoms with van der Waals surface area (Å²) in [5, 5.41) is 19.7. The first-order valence-corrected chi connectivity index (χ1v) is 5.87. The number of carboxylic acids is 1. The second kappa shape index (κ2) is 6.00. The number of nitro groups is 1. The molecule has 1 N–H and O–H groups in total. The molecule has 0 bridgehead atoms. The van der Waals surface area contributed by atoms with Gasteiger partial charge in [-0.1, -0.05) is 12.1 Å². The quantitative estimate of drug-likeness (QED) is 0.675. The molecule has 0 radical (unpaired) electrons. The molecule has 6 nitrogen and oxygen atoms in total. The molecule has 0 atom stereocenters. The van der Waals surface area contributed by atoms with E-state index in [1.54, 1.807) is 6.07 Å². The summed E-state index contributed by atoms with van der Waals surface area (Å²) < 4.78 is 18.6. The van der Waals surface area contributed by atoms with Gasteiger partial charge in [0.25, 0.3) is 5.69 Å². The van der Waals surface area contributed by atoms with Crippen LogP contribution in [0.5, 0.6) is 5.75 Å². The number of non-ortho nitro benzene ring substituents is 1. The lowest BCUT2D eigenvalue weighted by atomic mass is 10.1. The van der Waals surface area contributed by atoms with Crippen LogP contribution in [0.15, 0.2) is 42.5 Å². The number of nitro benzene ring substituents is 1. The van der Waals surface area contributed by atoms with E-state index in [2.05, 4.69) is 0 Å². The average Bonchev–Trinajstić information content (AvgIpc) is 2.46. The Kier molecular flexibility index (Phi) is 4.13. The molecule has 7 heteroatoms. The topological polar surface area (TPSA) is 89.7 Å². The highest BCUT2D eigenvalue weighted by atomic mass is 19.1. The number of nitrogens with zero attached hydrogens (tertiary/aromatic N) is 1. The van der Waals surface area contributed by atoms with Crippen LogP contribution in [0.1, 0.15) is 15.9 Å². The second-order valence-corrected chi connectivity index (χ2v) is 4.12. The number of carbonyl (C=O) groups is 1. The second-order valence-electron chi connectivity index (χ2n) is 4.12. The van der Waals surface area contributed by atoms with Crippen LogP contribution in [0.25, 0.3) is 0 Å². The molecule has 0 unspecified atom stereocenters. The van der Waals surface area contributed by atoms with Crippen LogP contribution in [0.3, 0.4) is 0 Å². The fourth-order valence-corrected chi connectivity index (χ4v) is 1.72. The zero-order valence-electron chi connectivity index (χ0n) is 10.7. The standard InChI is InChI=1S/C14H10FNO5/c15-12-3-1-2-4-13(12)21-8-9-5-6-10(16(19)20)7-11(9)14(17)18/h1-7H,8H2,(H,17,18). The molecule has 2 aromatic carbocycles. The Morgan fingerprint density at radius 2 is 2.00 bits per heavy atom. The number of benzene rings is 2. The molecule has 0 aliphatic heterocycles. The fourth-order valence-electron chi connectivity index (χ4n) is 1.72. The molecule has 0 aliphatic carbocycles. The van der Waals surface area contributed by atoms with Crippen molar-refractivity contribution >= 4 is 11.7 Å². The van der Waals surface area contributed by atoms with E-state index in [1.807, 2.05) is 0 Å². The summed E-state index contributed by atoms with van der Waals surface area (Å²) >= 11 is 0. The van der Waals surface area contributed by atoms with Crippen molar-refractivity contribution in [2.45, 2.75) is 6.61 Å². The van der Waals surface area contributed by atoms with Gasteiger partial charge >= 0.3 is 5.97 Å². The molecular formula is C14H10FNO5. The molecule has 2 aromatic rings. The Hall–Kier alpha value is -2.96. The first-order valence-electron chi connectivity index (χ1n) is 5.87. The van der Waals surface area contributed by atoms with E-state index in [4.69, 9.17) is 9.84 Å². The number of halogens is 1. The number of hydrogen-bond acceptors (Lipinski definition) is 4. The third kappa shape index (κ3) is 3.33. The Morgan fingerprint density at radius 3 is 2.62 bits per heavy atom. The maximum absolute atomic E-state index is 13.4. The summed E-state index contributed by atoms with van der Waals surface area (Å²) in [6.45, 7) is -0.208. The maximum atomic E-state index is 13.4. The van der Waals surface area contributed by atoms with Crippen molar-refractivity contribution < 1.29 is 24.0 Å². The Morgan fingerprint density at radius 1 is 1.29 bits per heavy atom. The monoisotopic (exact) mass is 291 g/mol. The van der Waals surface area contributed by atoms with E-state index in [1.165, 1.54) is 30.3 Å². The van der Waals surface area contributed by atoms with E-state index in [-0.39, 0.29) is 29.2 Å². The minimum absolute atomic E-state index is 0.0211. The number of carboxylic acid groups (broad SMARTS) is 1. The average molecular weight is 291 g/mol. The Bertz CT molecular complexity index is 702. The molecule has 2 rings (SSSR count). The van der Waals surface area contributed by atoms with Gasteiger partial charge in [-0.15, -0.1) is 0 Å². The van der Waals surface area contributed by atoms with Crippen LogP contribution in [0, 0.1) is 15.9 Å². The molecule has 0 saturated heterocycles. The van der Waals surface area contributed by atoms with Crippen molar-refractivity contribution in [1.82, 2.24) is 0 Å². The Balaban J connectivity index is 2.26. The summed E-state index contributed by atoms with van der Waals surface area (Å²) in [6, 6.07) is 9.09. The number of rotatable bonds is 5. The highest BCUT2D eigenvalue weighted by Gasteiger charge is 2.16. The first kappa shape index (κ1) is 14.4. The van der Waals surface area contributed by atoms with Crippen molar-refractivity contribution in [2.24, 2.45) is 0 Å². The van der Waals surface area contributed by atoms with Crippen LogP contribution in [-0.4, -0.2) is 16.0 Å². The highest BCUT2D eigenvalue weighted by molar-refractivity contribution is 5.90. The van der Waals surface area contributed by atoms with E-state index < -0.39 is 16.7 Å². The van der Waals surface area contributed by atoms with Gasteiger partial charge in [-0.3, -0.25) is 10.1 Å². The zero-order valence-corrected chi connectivity index (χ0v) is 10.7. The van der Waals surface area contributed by atoms with Gasteiger partial charge in [0, 0.05) is 17.7 Å². The highest BCUT2D eigenvalue weighted by Crippen LogP contribution is 2.21. The van der Waals surface area contributed by atoms with Crippen LogP contribution in [0.4, 0.5) is 10.1 Å². The molecular weight excluding hydrogens is 281 g/mol. The van der Waals surface area contributed by atoms with Gasteiger partial charge in [0.1, 0.15) is 6.61 Å². The minimum atomic E-state index is -1.31. The summed E-state index contributed by atoms with van der Waals surface area (Å²) in [7, 11) is 0. The number of para-hydroxylation sites is 1. The largest absolute Gasteiger partial charge is 0.486 e. The number of aromatic carboxylic acids is 1. The lowest BCUT2D eigenvalue weighted by molar-refractivity contribution is -0.384. The molecule has 0 aromatic heterocycles. The van der Waals surface area contributed by atoms with E-state index in [0.717, 1.165) is 6.07 Å². The van der Waals surface area contributed by atoms with Crippen molar-refractivity contribution in [3.8, 4) is 5.75 Å². The van der Waals surface area contributed by atoms with Crippen LogP contribution in [0.2, 0.25) is 0 Å². The summed E-state index contributed by atoms with van der Waals surface area (Å²) in [5.41, 5.74) is -0.362. The normalized spacial score (nSPS) is 10.1. The molecule has 0 spiro atoms. The zero-order chi connectivity index (χ0) is 15.4. The number of ether oxygens (including phenoxy) is 1. The van der Waals surface area contributed by atoms with Crippen LogP contribution >= 0.6 is 0 Å². The SMILES string of the molecule is O=C(O)c1cc([N+](=O)[O-])ccc1COc1ccccc1F. The fraction of sp³-hybridized carbons (Fsp3) is 0.0714. The van der Waals surface area contributed by atoms with Gasteiger partial charge in [-0.05, 0) is 18.2 Å². The predicted octanol–water partition coefficient (Wildman–Crippen LogP) is 3.01. The molecule has 0 aliphatic rings. The van der Waals surface area contributed by atoms with Gasteiger partial charge in [-0.25, -0.2) is 9.18 Å². The van der Waals surface area contributed by atoms with Gasteiger partial charge < -0.3 is 9.84 Å². The molecule has 0 amide bonds. The summed E-state index contributed by atoms with van der Waals surface area (Å²) in [6.07, 6.45) is 0. The van der Waals surface area contributed by atoms with Crippen LogP contribution < -0.4 is 4.74 Å². The van der Waals surface area contributed by atoms with E-state index in [9.17, 15) is 19.3 Å². The minimum Gasteiger partial charge on any atom is -0.486 e. The van der Waals surface area contributed by atoms with Gasteiger partial charge in [-0.2, -0.15) is 0 Å². The lowest BCUT2D eigenvalue weighted by Gasteiger charge is -2.09. The Labute approximate surface area is 118 Å². The van der Waals surface area contributed by atoms with E-state index in [0.29, 0.717) is 0 Å². The third-order valence-electron chi connectivity index (χ3n) is 2.75. The van der Waals surface area contributed by atoms with Crippen molar-refractivity contribution in [3.05, 3.63) is 69.5 Å².